The third kappa shape index (κ3) is 5.56. The van der Waals surface area contributed by atoms with Crippen LogP contribution in [0, 0.1) is 0 Å². The van der Waals surface area contributed by atoms with Crippen LogP contribution >= 0.6 is 22.9 Å². The Balaban J connectivity index is 1.22. The molecule has 0 aliphatic carbocycles. The molecule has 2 aromatic heterocycles. The number of thiophene rings is 1. The second kappa shape index (κ2) is 11.1. The lowest BCUT2D eigenvalue weighted by Gasteiger charge is -2.18. The smallest absolute Gasteiger partial charge is 0.413 e. The van der Waals surface area contributed by atoms with E-state index in [9.17, 15) is 19.5 Å². The van der Waals surface area contributed by atoms with E-state index in [4.69, 9.17) is 16.3 Å². The molecule has 1 aliphatic heterocycles. The van der Waals surface area contributed by atoms with Crippen LogP contribution < -0.4 is 15.5 Å². The number of fused-ring (bicyclic) bond motifs is 4. The van der Waals surface area contributed by atoms with Crippen molar-refractivity contribution in [2.45, 2.75) is 32.3 Å². The number of nitrogens with one attached hydrogen (secondary N) is 2. The van der Waals surface area contributed by atoms with E-state index in [0.29, 0.717) is 28.7 Å². The standard InChI is InChI=1S/C32H30ClN5O5S/c1-32(2,3)43-31(42)36-26-16-37(4)28(35-26)29(40)34-19-9-10-24-17(11-19)12-25(44-24)30(41)38-15-18(14-33)27-21-8-6-5-7-20(21)23(39)13-22(27)38/h5-13,16,18,39H,14-15H2,1-4H3,(H,34,40)(H,36,42)/t18-/m1/s1. The second-order valence-corrected chi connectivity index (χ2v) is 13.0. The molecule has 5 aromatic rings. The highest BCUT2D eigenvalue weighted by Gasteiger charge is 2.35. The van der Waals surface area contributed by atoms with Crippen LogP contribution in [0.5, 0.6) is 5.75 Å². The number of phenols is 1. The lowest BCUT2D eigenvalue weighted by atomic mass is 9.95. The molecule has 6 rings (SSSR count). The molecule has 1 aliphatic rings. The predicted molar refractivity (Wildman–Crippen MR) is 174 cm³/mol. The first-order valence-electron chi connectivity index (χ1n) is 13.9. The molecule has 0 radical (unpaired) electrons. The number of carbonyl (C=O) groups is 3. The van der Waals surface area contributed by atoms with Crippen LogP contribution in [0.25, 0.3) is 20.9 Å². The van der Waals surface area contributed by atoms with Crippen molar-refractivity contribution in [3.63, 3.8) is 0 Å². The number of aryl methyl sites for hydroxylation is 1. The van der Waals surface area contributed by atoms with Crippen molar-refractivity contribution >= 4 is 78.9 Å². The number of hydrogen-bond donors (Lipinski definition) is 3. The van der Waals surface area contributed by atoms with Gasteiger partial charge in [-0.25, -0.2) is 9.78 Å². The molecule has 3 amide bonds. The van der Waals surface area contributed by atoms with Gasteiger partial charge in [0.2, 0.25) is 5.82 Å². The molecule has 12 heteroatoms. The summed E-state index contributed by atoms with van der Waals surface area (Å²) in [6.07, 6.45) is 0.851. The van der Waals surface area contributed by atoms with Crippen LogP contribution in [-0.4, -0.2) is 50.6 Å². The van der Waals surface area contributed by atoms with E-state index in [2.05, 4.69) is 15.6 Å². The molecule has 0 spiro atoms. The van der Waals surface area contributed by atoms with E-state index in [0.717, 1.165) is 26.4 Å². The number of aromatic hydroxyl groups is 1. The van der Waals surface area contributed by atoms with Crippen molar-refractivity contribution in [3.8, 4) is 5.75 Å². The van der Waals surface area contributed by atoms with E-state index in [1.54, 1.807) is 57.0 Å². The Hall–Kier alpha value is -4.61. The van der Waals surface area contributed by atoms with E-state index < -0.39 is 17.6 Å². The normalized spacial score (nSPS) is 14.6. The molecular weight excluding hydrogens is 602 g/mol. The number of phenolic OH excluding ortho intramolecular Hbond substituents is 1. The van der Waals surface area contributed by atoms with Gasteiger partial charge >= 0.3 is 6.09 Å². The van der Waals surface area contributed by atoms with Crippen molar-refractivity contribution < 1.29 is 24.2 Å². The van der Waals surface area contributed by atoms with Gasteiger partial charge in [-0.1, -0.05) is 24.3 Å². The molecule has 0 fully saturated rings. The Kier molecular flexibility index (Phi) is 7.46. The number of anilines is 3. The van der Waals surface area contributed by atoms with Crippen molar-refractivity contribution in [2.75, 3.05) is 28.0 Å². The molecule has 3 N–H and O–H groups in total. The number of halogens is 1. The minimum absolute atomic E-state index is 0.0664. The third-order valence-electron chi connectivity index (χ3n) is 7.27. The first-order chi connectivity index (χ1) is 20.9. The van der Waals surface area contributed by atoms with Crippen LogP contribution in [0.1, 0.15) is 52.5 Å². The molecular formula is C32H30ClN5O5S. The monoisotopic (exact) mass is 631 g/mol. The maximum atomic E-state index is 13.8. The highest BCUT2D eigenvalue weighted by atomic mass is 35.5. The molecule has 10 nitrogen and oxygen atoms in total. The van der Waals surface area contributed by atoms with E-state index >= 15 is 0 Å². The van der Waals surface area contributed by atoms with Crippen molar-refractivity contribution in [3.05, 3.63) is 77.1 Å². The summed E-state index contributed by atoms with van der Waals surface area (Å²) in [6, 6.07) is 16.4. The third-order valence-corrected chi connectivity index (χ3v) is 8.75. The topological polar surface area (TPSA) is 126 Å². The fourth-order valence-corrected chi connectivity index (χ4v) is 6.68. The maximum absolute atomic E-state index is 13.8. The number of benzene rings is 3. The summed E-state index contributed by atoms with van der Waals surface area (Å²) in [5.41, 5.74) is 1.48. The van der Waals surface area contributed by atoms with Gasteiger partial charge in [0.25, 0.3) is 11.8 Å². The lowest BCUT2D eigenvalue weighted by Crippen LogP contribution is -2.29. The fourth-order valence-electron chi connectivity index (χ4n) is 5.44. The molecule has 44 heavy (non-hydrogen) atoms. The Bertz CT molecular complexity index is 1960. The van der Waals surface area contributed by atoms with Gasteiger partial charge in [-0.05, 0) is 61.4 Å². The minimum Gasteiger partial charge on any atom is -0.507 e. The number of nitrogens with zero attached hydrogens (tertiary/aromatic N) is 3. The zero-order chi connectivity index (χ0) is 31.3. The Labute approximate surface area is 262 Å². The summed E-state index contributed by atoms with van der Waals surface area (Å²) < 4.78 is 7.63. The van der Waals surface area contributed by atoms with Crippen LogP contribution in [0.3, 0.4) is 0 Å². The molecule has 0 saturated heterocycles. The quantitative estimate of drug-likeness (QED) is 0.178. The van der Waals surface area contributed by atoms with Gasteiger partial charge in [-0.3, -0.25) is 14.9 Å². The number of amides is 3. The van der Waals surface area contributed by atoms with Crippen LogP contribution in [0.2, 0.25) is 0 Å². The number of imidazole rings is 1. The van der Waals surface area contributed by atoms with Crippen LogP contribution in [-0.2, 0) is 11.8 Å². The molecule has 3 aromatic carbocycles. The van der Waals surface area contributed by atoms with Crippen molar-refractivity contribution in [1.29, 1.82) is 0 Å². The molecule has 226 valence electrons. The van der Waals surface area contributed by atoms with Gasteiger partial charge in [-0.15, -0.1) is 22.9 Å². The zero-order valence-corrected chi connectivity index (χ0v) is 26.0. The number of ether oxygens (including phenoxy) is 1. The Morgan fingerprint density at radius 3 is 2.57 bits per heavy atom. The summed E-state index contributed by atoms with van der Waals surface area (Å²) in [4.78, 5) is 45.4. The molecule has 3 heterocycles. The SMILES string of the molecule is Cn1cc(NC(=O)OC(C)(C)C)nc1C(=O)Nc1ccc2sc(C(=O)N3C[C@@H](CCl)c4c3cc(O)c3ccccc43)cc2c1. The lowest BCUT2D eigenvalue weighted by molar-refractivity contribution is 0.0634. The maximum Gasteiger partial charge on any atom is 0.413 e. The van der Waals surface area contributed by atoms with E-state index in [-0.39, 0.29) is 29.2 Å². The minimum atomic E-state index is -0.673. The number of hydrogen-bond acceptors (Lipinski definition) is 7. The van der Waals surface area contributed by atoms with E-state index in [1.807, 2.05) is 30.3 Å². The average molecular weight is 632 g/mol. The Morgan fingerprint density at radius 2 is 1.84 bits per heavy atom. The summed E-state index contributed by atoms with van der Waals surface area (Å²) in [5.74, 6) is 0.0177. The van der Waals surface area contributed by atoms with Gasteiger partial charge in [0.05, 0.1) is 10.6 Å². The first kappa shape index (κ1) is 29.5. The molecule has 0 bridgehead atoms. The van der Waals surface area contributed by atoms with Gasteiger partial charge in [0.1, 0.15) is 11.4 Å². The Morgan fingerprint density at radius 1 is 1.09 bits per heavy atom. The summed E-state index contributed by atoms with van der Waals surface area (Å²) in [5, 5.41) is 18.5. The zero-order valence-electron chi connectivity index (χ0n) is 24.5. The summed E-state index contributed by atoms with van der Waals surface area (Å²) >= 11 is 7.71. The predicted octanol–water partition coefficient (Wildman–Crippen LogP) is 7.08. The largest absolute Gasteiger partial charge is 0.507 e. The molecule has 0 unspecified atom stereocenters. The van der Waals surface area contributed by atoms with Gasteiger partial charge < -0.3 is 24.6 Å². The summed E-state index contributed by atoms with van der Waals surface area (Å²) in [6.45, 7) is 5.67. The van der Waals surface area contributed by atoms with Gasteiger partial charge in [0.15, 0.2) is 5.82 Å². The number of alkyl halides is 1. The van der Waals surface area contributed by atoms with E-state index in [1.165, 1.54) is 22.1 Å². The number of carbonyl (C=O) groups excluding carboxylic acids is 3. The average Bonchev–Trinajstić information content (AvgIpc) is 3.66. The summed E-state index contributed by atoms with van der Waals surface area (Å²) in [7, 11) is 1.65. The van der Waals surface area contributed by atoms with Crippen molar-refractivity contribution in [2.24, 2.45) is 7.05 Å². The van der Waals surface area contributed by atoms with Gasteiger partial charge in [0, 0.05) is 53.4 Å². The number of aromatic nitrogens is 2. The van der Waals surface area contributed by atoms with Crippen LogP contribution in [0.15, 0.2) is 60.8 Å². The fraction of sp³-hybridized carbons (Fsp3) is 0.250. The van der Waals surface area contributed by atoms with Crippen molar-refractivity contribution in [1.82, 2.24) is 9.55 Å². The second-order valence-electron chi connectivity index (χ2n) is 11.6. The highest BCUT2D eigenvalue weighted by Crippen LogP contribution is 2.46. The van der Waals surface area contributed by atoms with Crippen LogP contribution in [0.4, 0.5) is 22.0 Å². The molecule has 0 saturated carbocycles. The molecule has 1 atom stereocenters. The highest BCUT2D eigenvalue weighted by molar-refractivity contribution is 7.20. The van der Waals surface area contributed by atoms with Gasteiger partial charge in [-0.2, -0.15) is 0 Å². The number of rotatable bonds is 5. The first-order valence-corrected chi connectivity index (χ1v) is 15.3.